The second-order valence-electron chi connectivity index (χ2n) is 5.88. The molecule has 0 fully saturated rings. The standard InChI is InChI=1S/C19H12ClN3O4S/c20-13-5-8-16-17(10-13)28-19(21-16)22(11-15-2-1-9-27-15)18(24)12-3-6-14(7-4-12)23(25)26/h1-10H,11H2. The number of anilines is 1. The van der Waals surface area contributed by atoms with Crippen molar-refractivity contribution in [1.29, 1.82) is 0 Å². The van der Waals surface area contributed by atoms with Crippen LogP contribution in [-0.2, 0) is 6.54 Å². The van der Waals surface area contributed by atoms with Crippen molar-refractivity contribution >= 4 is 49.9 Å². The average Bonchev–Trinajstić information content (AvgIpc) is 3.34. The highest BCUT2D eigenvalue weighted by atomic mass is 35.5. The van der Waals surface area contributed by atoms with Crippen LogP contribution < -0.4 is 4.90 Å². The lowest BCUT2D eigenvalue weighted by molar-refractivity contribution is -0.384. The number of hydrogen-bond acceptors (Lipinski definition) is 6. The SMILES string of the molecule is O=C(c1ccc([N+](=O)[O-])cc1)N(Cc1ccco1)c1nc2ccc(Cl)cc2s1. The summed E-state index contributed by atoms with van der Waals surface area (Å²) in [5.74, 6) is 0.254. The Bertz CT molecular complexity index is 1160. The average molecular weight is 414 g/mol. The van der Waals surface area contributed by atoms with Crippen molar-refractivity contribution in [3.8, 4) is 0 Å². The number of thiazole rings is 1. The molecule has 2 heterocycles. The Labute approximate surface area is 167 Å². The summed E-state index contributed by atoms with van der Waals surface area (Å²) in [7, 11) is 0. The summed E-state index contributed by atoms with van der Waals surface area (Å²) in [4.78, 5) is 29.5. The number of nitrogens with zero attached hydrogens (tertiary/aromatic N) is 3. The number of furan rings is 1. The van der Waals surface area contributed by atoms with Gasteiger partial charge in [0.05, 0.1) is 27.9 Å². The van der Waals surface area contributed by atoms with Gasteiger partial charge in [-0.1, -0.05) is 22.9 Å². The molecule has 0 saturated heterocycles. The molecule has 1 amide bonds. The number of halogens is 1. The Kier molecular flexibility index (Phi) is 4.81. The largest absolute Gasteiger partial charge is 0.467 e. The highest BCUT2D eigenvalue weighted by Crippen LogP contribution is 2.32. The summed E-state index contributed by atoms with van der Waals surface area (Å²) in [5, 5.41) is 11.9. The number of hydrogen-bond donors (Lipinski definition) is 0. The first-order valence-electron chi connectivity index (χ1n) is 8.16. The Morgan fingerprint density at radius 3 is 2.68 bits per heavy atom. The number of fused-ring (bicyclic) bond motifs is 1. The highest BCUT2D eigenvalue weighted by molar-refractivity contribution is 7.22. The third-order valence-corrected chi connectivity index (χ3v) is 5.31. The van der Waals surface area contributed by atoms with E-state index in [1.165, 1.54) is 46.8 Å². The number of nitro benzene ring substituents is 1. The lowest BCUT2D eigenvalue weighted by atomic mass is 10.2. The van der Waals surface area contributed by atoms with E-state index < -0.39 is 4.92 Å². The smallest absolute Gasteiger partial charge is 0.269 e. The topological polar surface area (TPSA) is 89.5 Å². The molecule has 0 aliphatic heterocycles. The van der Waals surface area contributed by atoms with E-state index in [0.717, 1.165) is 10.2 Å². The van der Waals surface area contributed by atoms with Gasteiger partial charge in [0.2, 0.25) is 0 Å². The molecule has 9 heteroatoms. The molecule has 7 nitrogen and oxygen atoms in total. The molecule has 0 aliphatic carbocycles. The number of amides is 1. The van der Waals surface area contributed by atoms with E-state index in [1.807, 2.05) is 0 Å². The molecule has 0 spiro atoms. The number of benzene rings is 2. The lowest BCUT2D eigenvalue weighted by Gasteiger charge is -2.18. The van der Waals surface area contributed by atoms with Gasteiger partial charge in [-0.3, -0.25) is 19.8 Å². The summed E-state index contributed by atoms with van der Waals surface area (Å²) >= 11 is 7.38. The zero-order valence-electron chi connectivity index (χ0n) is 14.2. The molecule has 0 N–H and O–H groups in total. The van der Waals surface area contributed by atoms with Gasteiger partial charge in [0.15, 0.2) is 5.13 Å². The van der Waals surface area contributed by atoms with Gasteiger partial charge in [-0.2, -0.15) is 0 Å². The minimum absolute atomic E-state index is 0.0798. The van der Waals surface area contributed by atoms with Crippen LogP contribution in [0.15, 0.2) is 65.3 Å². The Hall–Kier alpha value is -3.23. The fourth-order valence-corrected chi connectivity index (χ4v) is 3.91. The zero-order chi connectivity index (χ0) is 19.7. The van der Waals surface area contributed by atoms with Gasteiger partial charge in [0.25, 0.3) is 11.6 Å². The van der Waals surface area contributed by atoms with Crippen LogP contribution >= 0.6 is 22.9 Å². The molecular weight excluding hydrogens is 402 g/mol. The van der Waals surface area contributed by atoms with Gasteiger partial charge in [-0.15, -0.1) is 0 Å². The van der Waals surface area contributed by atoms with Crippen LogP contribution in [0.25, 0.3) is 10.2 Å². The molecule has 140 valence electrons. The van der Waals surface area contributed by atoms with Gasteiger partial charge in [-0.05, 0) is 42.5 Å². The van der Waals surface area contributed by atoms with E-state index in [9.17, 15) is 14.9 Å². The van der Waals surface area contributed by atoms with Crippen LogP contribution in [0.2, 0.25) is 5.02 Å². The molecule has 28 heavy (non-hydrogen) atoms. The van der Waals surface area contributed by atoms with E-state index in [0.29, 0.717) is 21.5 Å². The van der Waals surface area contributed by atoms with Crippen molar-refractivity contribution in [2.75, 3.05) is 4.90 Å². The van der Waals surface area contributed by atoms with Gasteiger partial charge >= 0.3 is 0 Å². The summed E-state index contributed by atoms with van der Waals surface area (Å²) in [6.07, 6.45) is 1.53. The minimum Gasteiger partial charge on any atom is -0.467 e. The van der Waals surface area contributed by atoms with Crippen molar-refractivity contribution in [3.63, 3.8) is 0 Å². The zero-order valence-corrected chi connectivity index (χ0v) is 15.8. The molecule has 4 rings (SSSR count). The summed E-state index contributed by atoms with van der Waals surface area (Å²) in [6, 6.07) is 14.3. The normalized spacial score (nSPS) is 10.9. The second kappa shape index (κ2) is 7.41. The van der Waals surface area contributed by atoms with E-state index in [2.05, 4.69) is 4.98 Å². The van der Waals surface area contributed by atoms with Crippen LogP contribution in [0, 0.1) is 10.1 Å². The first kappa shape index (κ1) is 18.1. The molecule has 2 aromatic carbocycles. The maximum atomic E-state index is 13.2. The number of non-ortho nitro benzene ring substituents is 1. The predicted octanol–water partition coefficient (Wildman–Crippen LogP) is 5.30. The quantitative estimate of drug-likeness (QED) is 0.327. The fourth-order valence-electron chi connectivity index (χ4n) is 2.67. The van der Waals surface area contributed by atoms with Crippen LogP contribution in [0.3, 0.4) is 0 Å². The number of carbonyl (C=O) groups is 1. The maximum absolute atomic E-state index is 13.2. The fraction of sp³-hybridized carbons (Fsp3) is 0.0526. The Balaban J connectivity index is 1.73. The molecule has 4 aromatic rings. The number of carbonyl (C=O) groups excluding carboxylic acids is 1. The first-order valence-corrected chi connectivity index (χ1v) is 9.35. The van der Waals surface area contributed by atoms with E-state index in [4.69, 9.17) is 16.0 Å². The molecular formula is C19H12ClN3O4S. The van der Waals surface area contributed by atoms with Crippen molar-refractivity contribution in [1.82, 2.24) is 4.98 Å². The molecule has 0 bridgehead atoms. The summed E-state index contributed by atoms with van der Waals surface area (Å²) in [5.41, 5.74) is 0.962. The second-order valence-corrected chi connectivity index (χ2v) is 7.33. The Morgan fingerprint density at radius 2 is 2.00 bits per heavy atom. The van der Waals surface area contributed by atoms with E-state index in [1.54, 1.807) is 30.3 Å². The molecule has 0 saturated carbocycles. The number of nitro groups is 1. The minimum atomic E-state index is -0.508. The monoisotopic (exact) mass is 413 g/mol. The van der Waals surface area contributed by atoms with Crippen LogP contribution in [-0.4, -0.2) is 15.8 Å². The van der Waals surface area contributed by atoms with Crippen LogP contribution in [0.5, 0.6) is 0 Å². The predicted molar refractivity (Wildman–Crippen MR) is 107 cm³/mol. The summed E-state index contributed by atoms with van der Waals surface area (Å²) in [6.45, 7) is 0.177. The number of rotatable bonds is 5. The van der Waals surface area contributed by atoms with Crippen molar-refractivity contribution in [2.45, 2.75) is 6.54 Å². The van der Waals surface area contributed by atoms with Gasteiger partial charge < -0.3 is 4.42 Å². The molecule has 0 radical (unpaired) electrons. The van der Waals surface area contributed by atoms with E-state index in [-0.39, 0.29) is 18.1 Å². The molecule has 0 aliphatic rings. The molecule has 0 unspecified atom stereocenters. The van der Waals surface area contributed by atoms with Crippen molar-refractivity contribution in [3.05, 3.63) is 87.3 Å². The maximum Gasteiger partial charge on any atom is 0.269 e. The van der Waals surface area contributed by atoms with Crippen molar-refractivity contribution in [2.24, 2.45) is 0 Å². The van der Waals surface area contributed by atoms with E-state index >= 15 is 0 Å². The highest BCUT2D eigenvalue weighted by Gasteiger charge is 2.23. The third-order valence-electron chi connectivity index (χ3n) is 4.03. The van der Waals surface area contributed by atoms with Gasteiger partial charge in [-0.25, -0.2) is 4.98 Å². The summed E-state index contributed by atoms with van der Waals surface area (Å²) < 4.78 is 6.24. The first-order chi connectivity index (χ1) is 13.5. The number of aromatic nitrogens is 1. The molecule has 2 aromatic heterocycles. The van der Waals surface area contributed by atoms with Crippen LogP contribution in [0.4, 0.5) is 10.8 Å². The van der Waals surface area contributed by atoms with Crippen LogP contribution in [0.1, 0.15) is 16.1 Å². The lowest BCUT2D eigenvalue weighted by Crippen LogP contribution is -2.30. The van der Waals surface area contributed by atoms with Gasteiger partial charge in [0.1, 0.15) is 5.76 Å². The van der Waals surface area contributed by atoms with Crippen molar-refractivity contribution < 1.29 is 14.1 Å². The third kappa shape index (κ3) is 3.60. The Morgan fingerprint density at radius 1 is 1.21 bits per heavy atom. The molecule has 0 atom stereocenters. The van der Waals surface area contributed by atoms with Gasteiger partial charge in [0, 0.05) is 22.7 Å².